The Morgan fingerprint density at radius 2 is 0.530 bits per heavy atom. The van der Waals surface area contributed by atoms with Crippen molar-refractivity contribution in [2.24, 2.45) is 0 Å². The SMILES string of the molecule is c1ccc(-c2nc(-c3ccccc3)nc(-c3ccc4c(c3)C3c5ccccc5C4c4cc(-c5nc(-c6ccccc6)nc(-c6cccc(-c7ccc8ccccc8c7)c6)n5)ccc43)n2)cc1. The molecule has 9 aromatic carbocycles. The molecule has 2 bridgehead atoms. The fourth-order valence-corrected chi connectivity index (χ4v) is 9.99. The zero-order valence-electron chi connectivity index (χ0n) is 35.6. The monoisotopic (exact) mass is 842 g/mol. The van der Waals surface area contributed by atoms with E-state index in [0.29, 0.717) is 34.9 Å². The van der Waals surface area contributed by atoms with Crippen molar-refractivity contribution in [1.29, 1.82) is 0 Å². The summed E-state index contributed by atoms with van der Waals surface area (Å²) in [7, 11) is 0. The second-order valence-electron chi connectivity index (χ2n) is 17.0. The summed E-state index contributed by atoms with van der Waals surface area (Å²) in [6, 6.07) is 76.6. The third-order valence-corrected chi connectivity index (χ3v) is 13.1. The first kappa shape index (κ1) is 37.8. The average molecular weight is 843 g/mol. The van der Waals surface area contributed by atoms with Crippen LogP contribution in [0.4, 0.5) is 0 Å². The Kier molecular flexibility index (Phi) is 8.88. The molecule has 308 valence electrons. The number of benzene rings is 9. The van der Waals surface area contributed by atoms with Crippen LogP contribution in [-0.4, -0.2) is 29.9 Å². The Morgan fingerprint density at radius 1 is 0.197 bits per heavy atom. The summed E-state index contributed by atoms with van der Waals surface area (Å²) < 4.78 is 0. The topological polar surface area (TPSA) is 77.3 Å². The first-order chi connectivity index (χ1) is 32.7. The van der Waals surface area contributed by atoms with E-state index in [-0.39, 0.29) is 11.8 Å². The predicted octanol–water partition coefficient (Wildman–Crippen LogP) is 13.9. The summed E-state index contributed by atoms with van der Waals surface area (Å²) in [5.41, 5.74) is 15.7. The van der Waals surface area contributed by atoms with Gasteiger partial charge in [-0.3, -0.25) is 0 Å². The van der Waals surface area contributed by atoms with Crippen LogP contribution in [0.2, 0.25) is 0 Å². The molecule has 2 aromatic heterocycles. The first-order valence-corrected chi connectivity index (χ1v) is 22.3. The summed E-state index contributed by atoms with van der Waals surface area (Å²) in [6.07, 6.45) is 0. The highest BCUT2D eigenvalue weighted by Crippen LogP contribution is 2.56. The number of hydrogen-bond acceptors (Lipinski definition) is 6. The maximum absolute atomic E-state index is 5.25. The lowest BCUT2D eigenvalue weighted by atomic mass is 9.61. The van der Waals surface area contributed by atoms with Crippen molar-refractivity contribution in [3.63, 3.8) is 0 Å². The molecule has 3 aliphatic carbocycles. The van der Waals surface area contributed by atoms with E-state index in [0.717, 1.165) is 44.5 Å². The molecule has 3 aliphatic rings. The van der Waals surface area contributed by atoms with Gasteiger partial charge in [0, 0.05) is 45.2 Å². The molecular weight excluding hydrogens is 805 g/mol. The van der Waals surface area contributed by atoms with Crippen molar-refractivity contribution in [2.75, 3.05) is 0 Å². The standard InChI is InChI=1S/C60H38N6/c1-4-16-38(17-5-1)55-61-56(39-18-6-2-7-19-39)64-59(63-55)45-29-31-49-51(35-45)53-47-25-12-13-26-48(47)54(49)52-36-46(30-32-50(52)53)60-65-57(40-20-8-3-9-21-40)62-58(66-60)44-24-14-23-42(34-44)43-28-27-37-15-10-11-22-41(37)33-43/h1-36,53-54H. The van der Waals surface area contributed by atoms with Crippen LogP contribution in [0.25, 0.3) is 90.2 Å². The molecule has 0 N–H and O–H groups in total. The van der Waals surface area contributed by atoms with Crippen molar-refractivity contribution in [3.8, 4) is 79.5 Å². The van der Waals surface area contributed by atoms with E-state index in [1.165, 1.54) is 44.2 Å². The fraction of sp³-hybridized carbons (Fsp3) is 0.0333. The van der Waals surface area contributed by atoms with Gasteiger partial charge in [0.1, 0.15) is 0 Å². The molecular formula is C60H38N6. The molecule has 14 rings (SSSR count). The van der Waals surface area contributed by atoms with Gasteiger partial charge in [-0.2, -0.15) is 0 Å². The van der Waals surface area contributed by atoms with Crippen LogP contribution in [0, 0.1) is 0 Å². The highest BCUT2D eigenvalue weighted by molar-refractivity contribution is 5.88. The van der Waals surface area contributed by atoms with E-state index >= 15 is 0 Å². The zero-order chi connectivity index (χ0) is 43.6. The van der Waals surface area contributed by atoms with E-state index in [1.54, 1.807) is 0 Å². The molecule has 6 nitrogen and oxygen atoms in total. The number of nitrogens with zero attached hydrogens (tertiary/aromatic N) is 6. The maximum Gasteiger partial charge on any atom is 0.164 e. The van der Waals surface area contributed by atoms with Crippen LogP contribution in [0.15, 0.2) is 218 Å². The molecule has 0 saturated carbocycles. The van der Waals surface area contributed by atoms with Gasteiger partial charge in [-0.15, -0.1) is 0 Å². The van der Waals surface area contributed by atoms with Crippen LogP contribution in [-0.2, 0) is 0 Å². The van der Waals surface area contributed by atoms with E-state index in [1.807, 2.05) is 78.9 Å². The molecule has 0 saturated heterocycles. The second kappa shape index (κ2) is 15.5. The van der Waals surface area contributed by atoms with Crippen molar-refractivity contribution < 1.29 is 0 Å². The Morgan fingerprint density at radius 3 is 1.02 bits per heavy atom. The summed E-state index contributed by atoms with van der Waals surface area (Å²) in [5, 5.41) is 2.43. The van der Waals surface area contributed by atoms with Crippen LogP contribution >= 0.6 is 0 Å². The van der Waals surface area contributed by atoms with Gasteiger partial charge >= 0.3 is 0 Å². The largest absolute Gasteiger partial charge is 0.208 e. The van der Waals surface area contributed by atoms with E-state index < -0.39 is 0 Å². The van der Waals surface area contributed by atoms with Crippen LogP contribution in [0.3, 0.4) is 0 Å². The molecule has 2 heterocycles. The Hall–Kier alpha value is -8.74. The van der Waals surface area contributed by atoms with Crippen LogP contribution in [0.1, 0.15) is 45.2 Å². The lowest BCUT2D eigenvalue weighted by Crippen LogP contribution is -2.27. The average Bonchev–Trinajstić information content (AvgIpc) is 3.40. The fourth-order valence-electron chi connectivity index (χ4n) is 9.99. The van der Waals surface area contributed by atoms with Crippen LogP contribution < -0.4 is 0 Å². The summed E-state index contributed by atoms with van der Waals surface area (Å²) in [4.78, 5) is 30.7. The van der Waals surface area contributed by atoms with Gasteiger partial charge < -0.3 is 0 Å². The second-order valence-corrected chi connectivity index (χ2v) is 17.0. The number of aromatic nitrogens is 6. The van der Waals surface area contributed by atoms with Crippen molar-refractivity contribution in [1.82, 2.24) is 29.9 Å². The Labute approximate surface area is 382 Å². The van der Waals surface area contributed by atoms with Gasteiger partial charge in [0.25, 0.3) is 0 Å². The molecule has 6 heteroatoms. The third kappa shape index (κ3) is 6.50. The number of hydrogen-bond donors (Lipinski definition) is 0. The molecule has 0 radical (unpaired) electrons. The van der Waals surface area contributed by atoms with Crippen molar-refractivity contribution in [3.05, 3.63) is 252 Å². The van der Waals surface area contributed by atoms with Gasteiger partial charge in [0.15, 0.2) is 34.9 Å². The normalized spacial score (nSPS) is 14.4. The quantitative estimate of drug-likeness (QED) is 0.159. The van der Waals surface area contributed by atoms with Gasteiger partial charge in [0.2, 0.25) is 0 Å². The van der Waals surface area contributed by atoms with Gasteiger partial charge in [0.05, 0.1) is 0 Å². The maximum atomic E-state index is 5.25. The van der Waals surface area contributed by atoms with Crippen molar-refractivity contribution >= 4 is 10.8 Å². The zero-order valence-corrected chi connectivity index (χ0v) is 35.6. The number of rotatable bonds is 7. The van der Waals surface area contributed by atoms with Gasteiger partial charge in [-0.25, -0.2) is 29.9 Å². The Bertz CT molecular complexity index is 3610. The molecule has 0 amide bonds. The van der Waals surface area contributed by atoms with E-state index in [9.17, 15) is 0 Å². The highest BCUT2D eigenvalue weighted by Gasteiger charge is 2.41. The molecule has 2 atom stereocenters. The lowest BCUT2D eigenvalue weighted by molar-refractivity contribution is 0.754. The molecule has 66 heavy (non-hydrogen) atoms. The minimum Gasteiger partial charge on any atom is -0.208 e. The van der Waals surface area contributed by atoms with E-state index in [4.69, 9.17) is 29.9 Å². The summed E-state index contributed by atoms with van der Waals surface area (Å²) >= 11 is 0. The minimum absolute atomic E-state index is 0.0249. The van der Waals surface area contributed by atoms with E-state index in [2.05, 4.69) is 140 Å². The lowest BCUT2D eigenvalue weighted by Gasteiger charge is -2.42. The highest BCUT2D eigenvalue weighted by atomic mass is 15.0. The predicted molar refractivity (Wildman–Crippen MR) is 264 cm³/mol. The first-order valence-electron chi connectivity index (χ1n) is 22.3. The van der Waals surface area contributed by atoms with Crippen molar-refractivity contribution in [2.45, 2.75) is 11.8 Å². The molecule has 0 aliphatic heterocycles. The molecule has 0 spiro atoms. The molecule has 0 fully saturated rings. The number of fused-ring (bicyclic) bond motifs is 1. The van der Waals surface area contributed by atoms with Crippen LogP contribution in [0.5, 0.6) is 0 Å². The van der Waals surface area contributed by atoms with Gasteiger partial charge in [-0.1, -0.05) is 194 Å². The third-order valence-electron chi connectivity index (χ3n) is 13.1. The minimum atomic E-state index is 0.0249. The summed E-state index contributed by atoms with van der Waals surface area (Å²) in [6.45, 7) is 0. The summed E-state index contributed by atoms with van der Waals surface area (Å²) in [5.74, 6) is 3.91. The van der Waals surface area contributed by atoms with Gasteiger partial charge in [-0.05, 0) is 79.5 Å². The molecule has 11 aromatic rings. The Balaban J connectivity index is 0.921. The molecule has 2 unspecified atom stereocenters. The smallest absolute Gasteiger partial charge is 0.164 e.